The molecule has 0 aromatic carbocycles. The number of hydrogen-bond acceptors (Lipinski definition) is 1. The third kappa shape index (κ3) is 5.82. The molecule has 0 aliphatic heterocycles. The summed E-state index contributed by atoms with van der Waals surface area (Å²) in [4.78, 5) is 10.3. The van der Waals surface area contributed by atoms with Crippen LogP contribution in [0.25, 0.3) is 0 Å². The van der Waals surface area contributed by atoms with E-state index in [4.69, 9.17) is 5.11 Å². The minimum absolute atomic E-state index is 0.113. The van der Waals surface area contributed by atoms with Crippen LogP contribution in [-0.2, 0) is 4.79 Å². The summed E-state index contributed by atoms with van der Waals surface area (Å²) in [6, 6.07) is 0. The monoisotopic (exact) mass is 206 g/mol. The smallest absolute Gasteiger partial charge is 0.307 e. The molecule has 0 saturated carbocycles. The van der Waals surface area contributed by atoms with Crippen LogP contribution < -0.4 is 0 Å². The average molecular weight is 207 g/mol. The molecule has 0 aliphatic carbocycles. The molecule has 3 heteroatoms. The maximum atomic E-state index is 10.0. The molecule has 1 N–H and O–H groups in total. The highest BCUT2D eigenvalue weighted by molar-refractivity contribution is 9.09. The number of hydrogen-bond donors (Lipinski definition) is 1. The largest absolute Gasteiger partial charge is 0.481 e. The first kappa shape index (κ1) is 9.69. The number of halogens is 1. The molecule has 0 amide bonds. The van der Waals surface area contributed by atoms with Gasteiger partial charge in [0, 0.05) is 4.83 Å². The summed E-state index contributed by atoms with van der Waals surface area (Å²) in [6.07, 6.45) is 4.61. The number of carbonyl (C=O) groups is 1. The van der Waals surface area contributed by atoms with Crippen LogP contribution in [0.3, 0.4) is 0 Å². The second-order valence-electron chi connectivity index (χ2n) is 1.95. The molecule has 0 rings (SSSR count). The van der Waals surface area contributed by atoms with Crippen molar-refractivity contribution in [3.63, 3.8) is 0 Å². The standard InChI is InChI=1S/C7H11BrO2/c1-2-6(8)4-3-5-7(9)10/h3-4,6H,2,5H2,1H3,(H,9,10). The highest BCUT2D eigenvalue weighted by atomic mass is 79.9. The van der Waals surface area contributed by atoms with Gasteiger partial charge >= 0.3 is 5.97 Å². The molecule has 0 spiro atoms. The van der Waals surface area contributed by atoms with Crippen molar-refractivity contribution < 1.29 is 9.90 Å². The molecule has 0 aromatic heterocycles. The number of aliphatic carboxylic acids is 1. The van der Waals surface area contributed by atoms with Crippen LogP contribution in [0.15, 0.2) is 12.2 Å². The Morgan fingerprint density at radius 3 is 2.80 bits per heavy atom. The first-order valence-corrected chi connectivity index (χ1v) is 4.11. The summed E-state index contributed by atoms with van der Waals surface area (Å²) in [7, 11) is 0. The van der Waals surface area contributed by atoms with E-state index in [-0.39, 0.29) is 6.42 Å². The van der Waals surface area contributed by atoms with Crippen molar-refractivity contribution in [2.75, 3.05) is 0 Å². The van der Waals surface area contributed by atoms with Gasteiger partial charge in [-0.15, -0.1) is 0 Å². The molecular formula is C7H11BrO2. The van der Waals surface area contributed by atoms with Gasteiger partial charge in [0.2, 0.25) is 0 Å². The van der Waals surface area contributed by atoms with Crippen molar-refractivity contribution in [2.24, 2.45) is 0 Å². The minimum Gasteiger partial charge on any atom is -0.481 e. The van der Waals surface area contributed by atoms with Crippen LogP contribution in [-0.4, -0.2) is 15.9 Å². The number of carboxylic acids is 1. The lowest BCUT2D eigenvalue weighted by Gasteiger charge is -1.95. The maximum absolute atomic E-state index is 10.0. The van der Waals surface area contributed by atoms with Crippen molar-refractivity contribution in [3.8, 4) is 0 Å². The molecule has 0 aliphatic rings. The molecule has 10 heavy (non-hydrogen) atoms. The molecule has 2 nitrogen and oxygen atoms in total. The van der Waals surface area contributed by atoms with Gasteiger partial charge in [-0.3, -0.25) is 4.79 Å². The molecule has 58 valence electrons. The molecule has 0 aromatic rings. The maximum Gasteiger partial charge on any atom is 0.307 e. The molecule has 0 radical (unpaired) electrons. The first-order valence-electron chi connectivity index (χ1n) is 3.19. The molecule has 1 atom stereocenters. The van der Waals surface area contributed by atoms with E-state index in [0.29, 0.717) is 4.83 Å². The lowest BCUT2D eigenvalue weighted by molar-refractivity contribution is -0.136. The minimum atomic E-state index is -0.785. The Morgan fingerprint density at radius 2 is 2.40 bits per heavy atom. The van der Waals surface area contributed by atoms with Crippen LogP contribution >= 0.6 is 15.9 Å². The first-order chi connectivity index (χ1) is 4.66. The number of alkyl halides is 1. The lowest BCUT2D eigenvalue weighted by atomic mass is 10.3. The summed E-state index contributed by atoms with van der Waals surface area (Å²) in [5.41, 5.74) is 0. The zero-order chi connectivity index (χ0) is 7.98. The fourth-order valence-corrected chi connectivity index (χ4v) is 0.668. The van der Waals surface area contributed by atoms with Crippen LogP contribution in [0.5, 0.6) is 0 Å². The van der Waals surface area contributed by atoms with Gasteiger partial charge in [-0.1, -0.05) is 35.0 Å². The quantitative estimate of drug-likeness (QED) is 0.566. The Labute approximate surface area is 69.1 Å². The Kier molecular flexibility index (Phi) is 5.30. The Morgan fingerprint density at radius 1 is 1.80 bits per heavy atom. The fraction of sp³-hybridized carbons (Fsp3) is 0.571. The summed E-state index contributed by atoms with van der Waals surface area (Å²) < 4.78 is 0. The van der Waals surface area contributed by atoms with E-state index in [1.165, 1.54) is 0 Å². The molecule has 0 bridgehead atoms. The molecule has 0 heterocycles. The number of allylic oxidation sites excluding steroid dienone is 1. The Balaban J connectivity index is 3.45. The van der Waals surface area contributed by atoms with Crippen LogP contribution in [0.4, 0.5) is 0 Å². The Hall–Kier alpha value is -0.310. The lowest BCUT2D eigenvalue weighted by Crippen LogP contribution is -1.92. The molecule has 0 fully saturated rings. The van der Waals surface area contributed by atoms with Crippen LogP contribution in [0.1, 0.15) is 19.8 Å². The van der Waals surface area contributed by atoms with E-state index in [9.17, 15) is 4.79 Å². The fourth-order valence-electron chi connectivity index (χ4n) is 0.453. The second-order valence-corrected chi connectivity index (χ2v) is 3.13. The van der Waals surface area contributed by atoms with Crippen molar-refractivity contribution in [1.29, 1.82) is 0 Å². The van der Waals surface area contributed by atoms with Gasteiger partial charge in [0.25, 0.3) is 0 Å². The third-order valence-electron chi connectivity index (χ3n) is 1.03. The summed E-state index contributed by atoms with van der Waals surface area (Å²) in [5.74, 6) is -0.785. The Bertz CT molecular complexity index is 132. The predicted molar refractivity (Wildman–Crippen MR) is 44.4 cm³/mol. The van der Waals surface area contributed by atoms with Gasteiger partial charge in [-0.2, -0.15) is 0 Å². The van der Waals surface area contributed by atoms with E-state index in [0.717, 1.165) is 6.42 Å². The van der Waals surface area contributed by atoms with E-state index in [1.807, 2.05) is 13.0 Å². The SMILES string of the molecule is CCC(Br)C=CCC(=O)O. The summed E-state index contributed by atoms with van der Waals surface area (Å²) >= 11 is 3.35. The topological polar surface area (TPSA) is 37.3 Å². The number of rotatable bonds is 4. The highest BCUT2D eigenvalue weighted by Gasteiger charge is 1.93. The van der Waals surface area contributed by atoms with Crippen molar-refractivity contribution in [1.82, 2.24) is 0 Å². The van der Waals surface area contributed by atoms with Gasteiger partial charge in [0.1, 0.15) is 0 Å². The van der Waals surface area contributed by atoms with Crippen molar-refractivity contribution in [3.05, 3.63) is 12.2 Å². The summed E-state index contributed by atoms with van der Waals surface area (Å²) in [6.45, 7) is 2.03. The van der Waals surface area contributed by atoms with Crippen LogP contribution in [0.2, 0.25) is 0 Å². The molecule has 1 unspecified atom stereocenters. The van der Waals surface area contributed by atoms with E-state index in [2.05, 4.69) is 15.9 Å². The number of carboxylic acid groups (broad SMARTS) is 1. The van der Waals surface area contributed by atoms with Crippen molar-refractivity contribution >= 4 is 21.9 Å². The normalized spacial score (nSPS) is 13.8. The zero-order valence-electron chi connectivity index (χ0n) is 5.88. The molecule has 0 saturated heterocycles. The van der Waals surface area contributed by atoms with Gasteiger partial charge in [0.05, 0.1) is 6.42 Å². The predicted octanol–water partition coefficient (Wildman–Crippen LogP) is 2.19. The highest BCUT2D eigenvalue weighted by Crippen LogP contribution is 2.05. The van der Waals surface area contributed by atoms with Gasteiger partial charge in [-0.05, 0) is 6.42 Å². The van der Waals surface area contributed by atoms with Gasteiger partial charge < -0.3 is 5.11 Å². The molecular weight excluding hydrogens is 196 g/mol. The van der Waals surface area contributed by atoms with E-state index >= 15 is 0 Å². The second kappa shape index (κ2) is 5.47. The van der Waals surface area contributed by atoms with Crippen LogP contribution in [0, 0.1) is 0 Å². The third-order valence-corrected chi connectivity index (χ3v) is 1.98. The summed E-state index contributed by atoms with van der Waals surface area (Å²) in [5, 5.41) is 8.23. The van der Waals surface area contributed by atoms with E-state index < -0.39 is 5.97 Å². The van der Waals surface area contributed by atoms with Gasteiger partial charge in [-0.25, -0.2) is 0 Å². The average Bonchev–Trinajstić information content (AvgIpc) is 1.87. The van der Waals surface area contributed by atoms with Gasteiger partial charge in [0.15, 0.2) is 0 Å². The van der Waals surface area contributed by atoms with E-state index in [1.54, 1.807) is 6.08 Å². The van der Waals surface area contributed by atoms with Crippen molar-refractivity contribution in [2.45, 2.75) is 24.6 Å². The zero-order valence-corrected chi connectivity index (χ0v) is 7.47.